The molecule has 3 rings (SSSR count). The van der Waals surface area contributed by atoms with Crippen molar-refractivity contribution in [3.05, 3.63) is 53.4 Å². The Balaban J connectivity index is 1.64. The summed E-state index contributed by atoms with van der Waals surface area (Å²) in [5.41, 5.74) is 0.530. The normalized spacial score (nSPS) is 15.2. The lowest BCUT2D eigenvalue weighted by Gasteiger charge is -2.26. The van der Waals surface area contributed by atoms with Crippen LogP contribution in [0.1, 0.15) is 11.3 Å². The molecule has 1 aromatic heterocycles. The molecule has 1 aromatic carbocycles. The Morgan fingerprint density at radius 3 is 2.54 bits per heavy atom. The molecule has 0 amide bonds. The van der Waals surface area contributed by atoms with Crippen molar-refractivity contribution in [3.8, 4) is 0 Å². The fraction of sp³-hybridized carbons (Fsp3) is 0.375. The summed E-state index contributed by atoms with van der Waals surface area (Å²) in [6.45, 7) is 2.47. The average Bonchev–Trinajstić information content (AvgIpc) is 2.60. The van der Waals surface area contributed by atoms with Crippen molar-refractivity contribution in [2.45, 2.75) is 12.3 Å². The van der Waals surface area contributed by atoms with E-state index in [-0.39, 0.29) is 12.1 Å². The number of sulfonamides is 1. The molecule has 2 heterocycles. The standard InChI is InChI=1S/C16H18F2N4O3S/c17-13-7-12(8-14(18)9-13)11-26(23,24)20-10-15-1-2-19-16(21-15)22-3-5-25-6-4-22/h1-2,7-9,20H,3-6,10-11H2. The topological polar surface area (TPSA) is 84.4 Å². The second-order valence-electron chi connectivity index (χ2n) is 5.81. The molecule has 1 N–H and O–H groups in total. The first-order chi connectivity index (χ1) is 12.4. The monoisotopic (exact) mass is 384 g/mol. The molecule has 0 radical (unpaired) electrons. The number of benzene rings is 1. The van der Waals surface area contributed by atoms with Crippen molar-refractivity contribution in [1.29, 1.82) is 0 Å². The van der Waals surface area contributed by atoms with Crippen molar-refractivity contribution >= 4 is 16.0 Å². The van der Waals surface area contributed by atoms with Gasteiger partial charge in [0, 0.05) is 25.4 Å². The van der Waals surface area contributed by atoms with Gasteiger partial charge in [-0.3, -0.25) is 0 Å². The van der Waals surface area contributed by atoms with Gasteiger partial charge in [0.15, 0.2) is 0 Å². The second kappa shape index (κ2) is 8.02. The molecule has 0 aliphatic carbocycles. The van der Waals surface area contributed by atoms with E-state index in [2.05, 4.69) is 14.7 Å². The van der Waals surface area contributed by atoms with Gasteiger partial charge in [-0.1, -0.05) is 0 Å². The molecule has 10 heteroatoms. The van der Waals surface area contributed by atoms with Gasteiger partial charge < -0.3 is 9.64 Å². The Bertz CT molecular complexity index is 853. The summed E-state index contributed by atoms with van der Waals surface area (Å²) in [6, 6.07) is 4.28. The first-order valence-corrected chi connectivity index (χ1v) is 9.63. The third-order valence-corrected chi connectivity index (χ3v) is 5.04. The van der Waals surface area contributed by atoms with Gasteiger partial charge in [-0.25, -0.2) is 31.9 Å². The first-order valence-electron chi connectivity index (χ1n) is 7.98. The lowest BCUT2D eigenvalue weighted by Crippen LogP contribution is -2.37. The molecule has 7 nitrogen and oxygen atoms in total. The zero-order valence-electron chi connectivity index (χ0n) is 13.9. The Kier molecular flexibility index (Phi) is 5.74. The van der Waals surface area contributed by atoms with Crippen LogP contribution >= 0.6 is 0 Å². The van der Waals surface area contributed by atoms with Gasteiger partial charge in [0.25, 0.3) is 0 Å². The van der Waals surface area contributed by atoms with Crippen LogP contribution in [0.4, 0.5) is 14.7 Å². The number of morpholine rings is 1. The van der Waals surface area contributed by atoms with Crippen molar-refractivity contribution < 1.29 is 21.9 Å². The highest BCUT2D eigenvalue weighted by Gasteiger charge is 2.16. The fourth-order valence-corrected chi connectivity index (χ4v) is 3.62. The van der Waals surface area contributed by atoms with E-state index in [0.29, 0.717) is 44.0 Å². The Labute approximate surface area is 150 Å². The Hall–Kier alpha value is -2.17. The van der Waals surface area contributed by atoms with E-state index >= 15 is 0 Å². The number of ether oxygens (including phenoxy) is 1. The molecule has 140 valence electrons. The average molecular weight is 384 g/mol. The molecule has 1 aliphatic rings. The number of rotatable bonds is 6. The van der Waals surface area contributed by atoms with E-state index in [4.69, 9.17) is 4.74 Å². The van der Waals surface area contributed by atoms with E-state index in [0.717, 1.165) is 12.1 Å². The summed E-state index contributed by atoms with van der Waals surface area (Å²) < 4.78 is 58.4. The molecule has 1 aliphatic heterocycles. The Morgan fingerprint density at radius 1 is 1.15 bits per heavy atom. The molecule has 1 saturated heterocycles. The van der Waals surface area contributed by atoms with Crippen molar-refractivity contribution in [2.24, 2.45) is 0 Å². The SMILES string of the molecule is O=S(=O)(Cc1cc(F)cc(F)c1)NCc1ccnc(N2CCOCC2)n1. The van der Waals surface area contributed by atoms with Gasteiger partial charge in [-0.05, 0) is 23.8 Å². The maximum Gasteiger partial charge on any atom is 0.225 e. The summed E-state index contributed by atoms with van der Waals surface area (Å²) in [7, 11) is -3.78. The minimum absolute atomic E-state index is 0.0340. The third-order valence-electron chi connectivity index (χ3n) is 3.75. The van der Waals surface area contributed by atoms with Gasteiger partial charge in [-0.2, -0.15) is 0 Å². The van der Waals surface area contributed by atoms with Crippen LogP contribution in [0.25, 0.3) is 0 Å². The quantitative estimate of drug-likeness (QED) is 0.806. The summed E-state index contributed by atoms with van der Waals surface area (Å²) in [5.74, 6) is -1.65. The minimum Gasteiger partial charge on any atom is -0.378 e. The molecule has 0 atom stereocenters. The van der Waals surface area contributed by atoms with Gasteiger partial charge in [-0.15, -0.1) is 0 Å². The summed E-state index contributed by atoms with van der Waals surface area (Å²) in [6.07, 6.45) is 1.56. The van der Waals surface area contributed by atoms with Crippen LogP contribution in [0.5, 0.6) is 0 Å². The first kappa shape index (κ1) is 18.6. The molecule has 2 aromatic rings. The number of nitrogens with one attached hydrogen (secondary N) is 1. The van der Waals surface area contributed by atoms with E-state index in [1.807, 2.05) is 4.90 Å². The third kappa shape index (κ3) is 5.16. The number of halogens is 2. The molecular formula is C16H18F2N4O3S. The van der Waals surface area contributed by atoms with Crippen LogP contribution in [0.2, 0.25) is 0 Å². The summed E-state index contributed by atoms with van der Waals surface area (Å²) in [5, 5.41) is 0. The van der Waals surface area contributed by atoms with E-state index in [9.17, 15) is 17.2 Å². The molecule has 0 bridgehead atoms. The highest BCUT2D eigenvalue weighted by atomic mass is 32.2. The smallest absolute Gasteiger partial charge is 0.225 e. The predicted octanol–water partition coefficient (Wildman–Crippen LogP) is 1.21. The lowest BCUT2D eigenvalue weighted by molar-refractivity contribution is 0.122. The fourth-order valence-electron chi connectivity index (χ4n) is 2.55. The number of hydrogen-bond acceptors (Lipinski definition) is 6. The van der Waals surface area contributed by atoms with Gasteiger partial charge in [0.2, 0.25) is 16.0 Å². The molecule has 0 unspecified atom stereocenters. The van der Waals surface area contributed by atoms with Crippen LogP contribution in [0, 0.1) is 11.6 Å². The summed E-state index contributed by atoms with van der Waals surface area (Å²) in [4.78, 5) is 10.5. The van der Waals surface area contributed by atoms with E-state index < -0.39 is 27.4 Å². The molecule has 0 spiro atoms. The molecule has 26 heavy (non-hydrogen) atoms. The van der Waals surface area contributed by atoms with Gasteiger partial charge >= 0.3 is 0 Å². The zero-order chi connectivity index (χ0) is 18.6. The number of hydrogen-bond donors (Lipinski definition) is 1. The highest BCUT2D eigenvalue weighted by Crippen LogP contribution is 2.12. The highest BCUT2D eigenvalue weighted by molar-refractivity contribution is 7.88. The van der Waals surface area contributed by atoms with E-state index in [1.54, 1.807) is 12.3 Å². The van der Waals surface area contributed by atoms with Crippen LogP contribution < -0.4 is 9.62 Å². The Morgan fingerprint density at radius 2 is 1.85 bits per heavy atom. The molecule has 1 fully saturated rings. The zero-order valence-corrected chi connectivity index (χ0v) is 14.7. The van der Waals surface area contributed by atoms with Crippen LogP contribution in [0.3, 0.4) is 0 Å². The van der Waals surface area contributed by atoms with Gasteiger partial charge in [0.05, 0.1) is 31.2 Å². The molecular weight excluding hydrogens is 366 g/mol. The van der Waals surface area contributed by atoms with Crippen molar-refractivity contribution in [2.75, 3.05) is 31.2 Å². The van der Waals surface area contributed by atoms with Crippen molar-refractivity contribution in [3.63, 3.8) is 0 Å². The largest absolute Gasteiger partial charge is 0.378 e. The second-order valence-corrected chi connectivity index (χ2v) is 7.61. The van der Waals surface area contributed by atoms with Crippen molar-refractivity contribution in [1.82, 2.24) is 14.7 Å². The maximum atomic E-state index is 13.2. The van der Waals surface area contributed by atoms with Crippen LogP contribution in [-0.2, 0) is 27.1 Å². The number of anilines is 1. The van der Waals surface area contributed by atoms with Gasteiger partial charge in [0.1, 0.15) is 11.6 Å². The number of aromatic nitrogens is 2. The van der Waals surface area contributed by atoms with E-state index in [1.165, 1.54) is 0 Å². The maximum absolute atomic E-state index is 13.2. The summed E-state index contributed by atoms with van der Waals surface area (Å²) >= 11 is 0. The lowest BCUT2D eigenvalue weighted by atomic mass is 10.2. The van der Waals surface area contributed by atoms with Crippen LogP contribution in [-0.4, -0.2) is 44.7 Å². The molecule has 0 saturated carbocycles. The minimum atomic E-state index is -3.78. The van der Waals surface area contributed by atoms with Crippen LogP contribution in [0.15, 0.2) is 30.5 Å². The number of nitrogens with zero attached hydrogens (tertiary/aromatic N) is 3. The predicted molar refractivity (Wildman–Crippen MR) is 90.9 cm³/mol.